The minimum absolute atomic E-state index is 0.142. The Morgan fingerprint density at radius 2 is 2.11 bits per heavy atom. The Bertz CT molecular complexity index is 516. The lowest BCUT2D eigenvalue weighted by molar-refractivity contribution is 0.0917. The van der Waals surface area contributed by atoms with Gasteiger partial charge in [0.25, 0.3) is 5.91 Å². The molecule has 18 heavy (non-hydrogen) atoms. The lowest BCUT2D eigenvalue weighted by atomic mass is 9.99. The van der Waals surface area contributed by atoms with Crippen molar-refractivity contribution in [2.75, 3.05) is 0 Å². The largest absolute Gasteiger partial charge is 0.507 e. The number of nitrogens with zero attached hydrogens (tertiary/aromatic N) is 1. The number of hydrogen-bond acceptors (Lipinski definition) is 3. The summed E-state index contributed by atoms with van der Waals surface area (Å²) in [6, 6.07) is 5.26. The fourth-order valence-corrected chi connectivity index (χ4v) is 2.22. The predicted molar refractivity (Wildman–Crippen MR) is 62.3 cm³/mol. The van der Waals surface area contributed by atoms with Crippen molar-refractivity contribution in [3.8, 4) is 11.8 Å². The molecule has 0 spiro atoms. The van der Waals surface area contributed by atoms with Gasteiger partial charge in [0.15, 0.2) is 0 Å². The molecule has 1 fully saturated rings. The molecule has 4 nitrogen and oxygen atoms in total. The number of rotatable bonds is 2. The van der Waals surface area contributed by atoms with E-state index in [4.69, 9.17) is 5.26 Å². The molecule has 0 radical (unpaired) electrons. The van der Waals surface area contributed by atoms with Crippen LogP contribution in [0.5, 0.6) is 5.75 Å². The van der Waals surface area contributed by atoms with Crippen molar-refractivity contribution in [3.05, 3.63) is 29.6 Å². The Labute approximate surface area is 104 Å². The zero-order valence-corrected chi connectivity index (χ0v) is 9.74. The monoisotopic (exact) mass is 248 g/mol. The second-order valence-electron chi connectivity index (χ2n) is 4.52. The highest BCUT2D eigenvalue weighted by atomic mass is 19.1. The molecule has 5 heteroatoms. The topological polar surface area (TPSA) is 73.1 Å². The molecule has 0 aromatic heterocycles. The number of carbonyl (C=O) groups is 1. The smallest absolute Gasteiger partial charge is 0.256 e. The number of nitrogens with one attached hydrogen (secondary N) is 1. The minimum Gasteiger partial charge on any atom is -0.507 e. The van der Waals surface area contributed by atoms with Gasteiger partial charge in [-0.3, -0.25) is 4.79 Å². The van der Waals surface area contributed by atoms with Gasteiger partial charge in [0.1, 0.15) is 17.1 Å². The van der Waals surface area contributed by atoms with Gasteiger partial charge in [0, 0.05) is 0 Å². The van der Waals surface area contributed by atoms with Gasteiger partial charge in [0.2, 0.25) is 0 Å². The number of benzene rings is 1. The summed E-state index contributed by atoms with van der Waals surface area (Å²) in [5, 5.41) is 21.3. The Kier molecular flexibility index (Phi) is 3.19. The molecule has 0 aliphatic heterocycles. The molecule has 0 heterocycles. The van der Waals surface area contributed by atoms with Gasteiger partial charge in [-0.15, -0.1) is 0 Å². The van der Waals surface area contributed by atoms with Gasteiger partial charge in [-0.05, 0) is 43.9 Å². The second-order valence-corrected chi connectivity index (χ2v) is 4.52. The average molecular weight is 248 g/mol. The van der Waals surface area contributed by atoms with Crippen molar-refractivity contribution in [1.82, 2.24) is 5.32 Å². The van der Waals surface area contributed by atoms with E-state index in [1.54, 1.807) is 0 Å². The highest BCUT2D eigenvalue weighted by molar-refractivity contribution is 5.97. The van der Waals surface area contributed by atoms with Crippen LogP contribution < -0.4 is 5.32 Å². The standard InChI is InChI=1S/C13H13FN2O2/c14-9-3-4-11(17)10(7-9)12(18)16-13(8-15)5-1-2-6-13/h3-4,7,17H,1-2,5-6H2,(H,16,18). The van der Waals surface area contributed by atoms with Gasteiger partial charge >= 0.3 is 0 Å². The molecule has 0 saturated heterocycles. The molecular weight excluding hydrogens is 235 g/mol. The van der Waals surface area contributed by atoms with Crippen molar-refractivity contribution >= 4 is 5.91 Å². The van der Waals surface area contributed by atoms with Crippen LogP contribution in [0.1, 0.15) is 36.0 Å². The van der Waals surface area contributed by atoms with Crippen LogP contribution in [-0.4, -0.2) is 16.6 Å². The van der Waals surface area contributed by atoms with Crippen LogP contribution in [0.3, 0.4) is 0 Å². The van der Waals surface area contributed by atoms with Gasteiger partial charge in [-0.25, -0.2) is 4.39 Å². The molecule has 2 rings (SSSR count). The molecule has 94 valence electrons. The number of nitriles is 1. The van der Waals surface area contributed by atoms with Crippen LogP contribution in [0, 0.1) is 17.1 Å². The number of amides is 1. The van der Waals surface area contributed by atoms with E-state index in [0.717, 1.165) is 31.0 Å². The van der Waals surface area contributed by atoms with Gasteiger partial charge < -0.3 is 10.4 Å². The minimum atomic E-state index is -0.879. The lowest BCUT2D eigenvalue weighted by Crippen LogP contribution is -2.45. The maximum atomic E-state index is 13.0. The van der Waals surface area contributed by atoms with E-state index in [2.05, 4.69) is 11.4 Å². The van der Waals surface area contributed by atoms with E-state index in [0.29, 0.717) is 12.8 Å². The summed E-state index contributed by atoms with van der Waals surface area (Å²) in [6.45, 7) is 0. The summed E-state index contributed by atoms with van der Waals surface area (Å²) in [7, 11) is 0. The Hall–Kier alpha value is -2.09. The number of aromatic hydroxyl groups is 1. The number of phenolic OH excluding ortho intramolecular Hbond substituents is 1. The van der Waals surface area contributed by atoms with Crippen molar-refractivity contribution in [2.24, 2.45) is 0 Å². The van der Waals surface area contributed by atoms with Gasteiger partial charge in [0.05, 0.1) is 11.6 Å². The van der Waals surface area contributed by atoms with Crippen LogP contribution >= 0.6 is 0 Å². The molecule has 1 aliphatic carbocycles. The van der Waals surface area contributed by atoms with Crippen LogP contribution in [0.15, 0.2) is 18.2 Å². The second kappa shape index (κ2) is 4.65. The van der Waals surface area contributed by atoms with E-state index in [9.17, 15) is 14.3 Å². The van der Waals surface area contributed by atoms with Crippen LogP contribution in [0.25, 0.3) is 0 Å². The summed E-state index contributed by atoms with van der Waals surface area (Å²) in [5.74, 6) is -1.51. The molecule has 0 bridgehead atoms. The first-order chi connectivity index (χ1) is 8.56. The van der Waals surface area contributed by atoms with E-state index < -0.39 is 17.3 Å². The zero-order valence-electron chi connectivity index (χ0n) is 9.74. The molecule has 1 aromatic carbocycles. The number of hydrogen-bond donors (Lipinski definition) is 2. The van der Waals surface area contributed by atoms with E-state index in [-0.39, 0.29) is 11.3 Å². The molecule has 2 N–H and O–H groups in total. The number of carbonyl (C=O) groups excluding carboxylic acids is 1. The molecule has 1 aliphatic rings. The molecule has 0 unspecified atom stereocenters. The lowest BCUT2D eigenvalue weighted by Gasteiger charge is -2.22. The SMILES string of the molecule is N#CC1(NC(=O)c2cc(F)ccc2O)CCCC1. The Morgan fingerprint density at radius 1 is 1.44 bits per heavy atom. The van der Waals surface area contributed by atoms with E-state index in [1.165, 1.54) is 0 Å². The molecule has 1 saturated carbocycles. The van der Waals surface area contributed by atoms with Crippen molar-refractivity contribution in [3.63, 3.8) is 0 Å². The summed E-state index contributed by atoms with van der Waals surface area (Å²) in [6.07, 6.45) is 2.93. The molecule has 1 amide bonds. The number of phenols is 1. The average Bonchev–Trinajstić information content (AvgIpc) is 2.81. The van der Waals surface area contributed by atoms with Gasteiger partial charge in [-0.1, -0.05) is 0 Å². The third kappa shape index (κ3) is 2.28. The van der Waals surface area contributed by atoms with E-state index >= 15 is 0 Å². The fraction of sp³-hybridized carbons (Fsp3) is 0.385. The summed E-state index contributed by atoms with van der Waals surface area (Å²) in [5.41, 5.74) is -1.02. The van der Waals surface area contributed by atoms with Gasteiger partial charge in [-0.2, -0.15) is 5.26 Å². The molecule has 1 aromatic rings. The Balaban J connectivity index is 2.22. The first-order valence-electron chi connectivity index (χ1n) is 5.79. The Morgan fingerprint density at radius 3 is 2.72 bits per heavy atom. The van der Waals surface area contributed by atoms with Crippen LogP contribution in [-0.2, 0) is 0 Å². The number of halogens is 1. The third-order valence-electron chi connectivity index (χ3n) is 3.23. The van der Waals surface area contributed by atoms with Crippen LogP contribution in [0.2, 0.25) is 0 Å². The summed E-state index contributed by atoms with van der Waals surface area (Å²) >= 11 is 0. The maximum Gasteiger partial charge on any atom is 0.256 e. The zero-order chi connectivity index (χ0) is 13.2. The fourth-order valence-electron chi connectivity index (χ4n) is 2.22. The summed E-state index contributed by atoms with van der Waals surface area (Å²) in [4.78, 5) is 11.9. The third-order valence-corrected chi connectivity index (χ3v) is 3.23. The first-order valence-corrected chi connectivity index (χ1v) is 5.79. The van der Waals surface area contributed by atoms with Crippen LogP contribution in [0.4, 0.5) is 4.39 Å². The molecule has 0 atom stereocenters. The van der Waals surface area contributed by atoms with Crippen molar-refractivity contribution in [2.45, 2.75) is 31.2 Å². The highest BCUT2D eigenvalue weighted by Gasteiger charge is 2.36. The van der Waals surface area contributed by atoms with E-state index in [1.807, 2.05) is 0 Å². The predicted octanol–water partition coefficient (Wildman–Crippen LogP) is 2.10. The highest BCUT2D eigenvalue weighted by Crippen LogP contribution is 2.30. The maximum absolute atomic E-state index is 13.0. The quantitative estimate of drug-likeness (QED) is 0.841. The normalized spacial score (nSPS) is 17.1. The van der Waals surface area contributed by atoms with Crippen molar-refractivity contribution in [1.29, 1.82) is 5.26 Å². The first kappa shape index (κ1) is 12.4. The summed E-state index contributed by atoms with van der Waals surface area (Å²) < 4.78 is 13.0. The van der Waals surface area contributed by atoms with Crippen molar-refractivity contribution < 1.29 is 14.3 Å². The molecular formula is C13H13FN2O2.